The Bertz CT molecular complexity index is 321. The van der Waals surface area contributed by atoms with Crippen LogP contribution < -0.4 is 0 Å². The SMILES string of the molecule is CS(=O)(=O)N1CCCC(CC(O)C(F)F)C1. The minimum absolute atomic E-state index is 0.0380. The number of sulfonamides is 1. The number of halogens is 2. The monoisotopic (exact) mass is 257 g/mol. The van der Waals surface area contributed by atoms with Crippen LogP contribution in [0.1, 0.15) is 19.3 Å². The third kappa shape index (κ3) is 3.95. The average molecular weight is 257 g/mol. The van der Waals surface area contributed by atoms with Crippen molar-refractivity contribution in [2.75, 3.05) is 19.3 Å². The molecule has 1 aliphatic heterocycles. The zero-order valence-corrected chi connectivity index (χ0v) is 9.96. The summed E-state index contributed by atoms with van der Waals surface area (Å²) in [5.41, 5.74) is 0. The first kappa shape index (κ1) is 13.8. The number of alkyl halides is 2. The van der Waals surface area contributed by atoms with Gasteiger partial charge >= 0.3 is 0 Å². The molecular weight excluding hydrogens is 240 g/mol. The highest BCUT2D eigenvalue weighted by molar-refractivity contribution is 7.88. The first-order chi connectivity index (χ1) is 7.30. The highest BCUT2D eigenvalue weighted by Crippen LogP contribution is 2.24. The van der Waals surface area contributed by atoms with Gasteiger partial charge in [0.2, 0.25) is 10.0 Å². The summed E-state index contributed by atoms with van der Waals surface area (Å²) in [7, 11) is -3.25. The molecule has 7 heteroatoms. The summed E-state index contributed by atoms with van der Waals surface area (Å²) in [5.74, 6) is -0.174. The maximum absolute atomic E-state index is 12.1. The van der Waals surface area contributed by atoms with Gasteiger partial charge in [0.05, 0.1) is 6.26 Å². The molecule has 0 aromatic heterocycles. The molecule has 1 saturated heterocycles. The van der Waals surface area contributed by atoms with Crippen molar-refractivity contribution in [2.45, 2.75) is 31.8 Å². The molecule has 0 aromatic carbocycles. The Morgan fingerprint density at radius 1 is 1.50 bits per heavy atom. The van der Waals surface area contributed by atoms with Crippen LogP contribution in [0.15, 0.2) is 0 Å². The van der Waals surface area contributed by atoms with Gasteiger partial charge in [0.1, 0.15) is 6.10 Å². The number of rotatable bonds is 4. The molecule has 0 aliphatic carbocycles. The van der Waals surface area contributed by atoms with Crippen molar-refractivity contribution in [3.8, 4) is 0 Å². The first-order valence-corrected chi connectivity index (χ1v) is 7.07. The molecule has 96 valence electrons. The van der Waals surface area contributed by atoms with Crippen molar-refractivity contribution >= 4 is 10.0 Å². The van der Waals surface area contributed by atoms with Crippen LogP contribution in [0.3, 0.4) is 0 Å². The standard InChI is InChI=1S/C9H17F2NO3S/c1-16(14,15)12-4-2-3-7(6-12)5-8(13)9(10)11/h7-9,13H,2-6H2,1H3. The Morgan fingerprint density at radius 3 is 2.62 bits per heavy atom. The fourth-order valence-corrected chi connectivity index (χ4v) is 2.91. The van der Waals surface area contributed by atoms with E-state index in [2.05, 4.69) is 0 Å². The molecule has 16 heavy (non-hydrogen) atoms. The average Bonchev–Trinajstić information content (AvgIpc) is 2.16. The predicted molar refractivity (Wildman–Crippen MR) is 55.8 cm³/mol. The molecule has 0 aromatic rings. The fourth-order valence-electron chi connectivity index (χ4n) is 1.96. The summed E-state index contributed by atoms with van der Waals surface area (Å²) in [6.45, 7) is 0.683. The molecule has 1 fully saturated rings. The molecule has 0 amide bonds. The van der Waals surface area contributed by atoms with Crippen molar-refractivity contribution in [2.24, 2.45) is 5.92 Å². The molecule has 0 spiro atoms. The van der Waals surface area contributed by atoms with Crippen LogP contribution in [-0.2, 0) is 10.0 Å². The Kier molecular flexibility index (Phi) is 4.63. The quantitative estimate of drug-likeness (QED) is 0.805. The zero-order chi connectivity index (χ0) is 12.3. The van der Waals surface area contributed by atoms with E-state index in [1.54, 1.807) is 0 Å². The Balaban J connectivity index is 2.51. The van der Waals surface area contributed by atoms with E-state index in [-0.39, 0.29) is 18.9 Å². The lowest BCUT2D eigenvalue weighted by Gasteiger charge is -2.31. The number of aliphatic hydroxyl groups is 1. The smallest absolute Gasteiger partial charge is 0.264 e. The summed E-state index contributed by atoms with van der Waals surface area (Å²) < 4.78 is 48.1. The molecule has 2 unspecified atom stereocenters. The van der Waals surface area contributed by atoms with E-state index in [0.29, 0.717) is 19.4 Å². The van der Waals surface area contributed by atoms with Gasteiger partial charge < -0.3 is 5.11 Å². The first-order valence-electron chi connectivity index (χ1n) is 5.22. The molecule has 1 N–H and O–H groups in total. The molecule has 1 heterocycles. The van der Waals surface area contributed by atoms with E-state index in [0.717, 1.165) is 6.26 Å². The lowest BCUT2D eigenvalue weighted by molar-refractivity contribution is -0.0212. The van der Waals surface area contributed by atoms with Gasteiger partial charge in [-0.3, -0.25) is 0 Å². The Labute approximate surface area is 94.3 Å². The van der Waals surface area contributed by atoms with Gasteiger partial charge in [0.15, 0.2) is 0 Å². The van der Waals surface area contributed by atoms with Gasteiger partial charge in [0, 0.05) is 13.1 Å². The number of hydrogen-bond donors (Lipinski definition) is 1. The van der Waals surface area contributed by atoms with Crippen molar-refractivity contribution < 1.29 is 22.3 Å². The molecule has 0 bridgehead atoms. The maximum Gasteiger partial charge on any atom is 0.264 e. The van der Waals surface area contributed by atoms with Crippen molar-refractivity contribution in [3.63, 3.8) is 0 Å². The normalized spacial score (nSPS) is 25.9. The largest absolute Gasteiger partial charge is 0.387 e. The maximum atomic E-state index is 12.1. The number of hydrogen-bond acceptors (Lipinski definition) is 3. The highest BCUT2D eigenvalue weighted by Gasteiger charge is 2.29. The van der Waals surface area contributed by atoms with E-state index >= 15 is 0 Å². The van der Waals surface area contributed by atoms with E-state index in [1.165, 1.54) is 4.31 Å². The second-order valence-electron chi connectivity index (χ2n) is 4.27. The van der Waals surface area contributed by atoms with Gasteiger partial charge in [-0.15, -0.1) is 0 Å². The summed E-state index contributed by atoms with van der Waals surface area (Å²) >= 11 is 0. The summed E-state index contributed by atoms with van der Waals surface area (Å²) in [6, 6.07) is 0. The van der Waals surface area contributed by atoms with Crippen molar-refractivity contribution in [1.82, 2.24) is 4.31 Å². The minimum atomic E-state index is -3.25. The summed E-state index contributed by atoms with van der Waals surface area (Å²) in [5, 5.41) is 9.05. The minimum Gasteiger partial charge on any atom is -0.387 e. The molecule has 1 rings (SSSR count). The highest BCUT2D eigenvalue weighted by atomic mass is 32.2. The summed E-state index contributed by atoms with van der Waals surface area (Å²) in [4.78, 5) is 0. The molecule has 0 radical (unpaired) electrons. The molecule has 0 saturated carbocycles. The van der Waals surface area contributed by atoms with Crippen LogP contribution in [0.2, 0.25) is 0 Å². The van der Waals surface area contributed by atoms with Crippen LogP contribution in [0.5, 0.6) is 0 Å². The summed E-state index contributed by atoms with van der Waals surface area (Å²) in [6.07, 6.45) is -1.98. The van der Waals surface area contributed by atoms with E-state index < -0.39 is 22.6 Å². The van der Waals surface area contributed by atoms with Gasteiger partial charge in [0.25, 0.3) is 6.43 Å². The Morgan fingerprint density at radius 2 is 2.12 bits per heavy atom. The number of nitrogens with zero attached hydrogens (tertiary/aromatic N) is 1. The third-order valence-electron chi connectivity index (χ3n) is 2.82. The van der Waals surface area contributed by atoms with Gasteiger partial charge in [-0.1, -0.05) is 0 Å². The van der Waals surface area contributed by atoms with Gasteiger partial charge in [-0.2, -0.15) is 0 Å². The molecule has 2 atom stereocenters. The van der Waals surface area contributed by atoms with Crippen molar-refractivity contribution in [1.29, 1.82) is 0 Å². The predicted octanol–water partition coefficient (Wildman–Crippen LogP) is 0.674. The number of aliphatic hydroxyl groups excluding tert-OH is 1. The molecule has 1 aliphatic rings. The second kappa shape index (κ2) is 5.37. The van der Waals surface area contributed by atoms with E-state index in [9.17, 15) is 17.2 Å². The van der Waals surface area contributed by atoms with E-state index in [4.69, 9.17) is 5.11 Å². The van der Waals surface area contributed by atoms with Crippen LogP contribution in [0.4, 0.5) is 8.78 Å². The van der Waals surface area contributed by atoms with Crippen LogP contribution >= 0.6 is 0 Å². The van der Waals surface area contributed by atoms with Crippen LogP contribution in [-0.4, -0.2) is 49.7 Å². The second-order valence-corrected chi connectivity index (χ2v) is 6.25. The fraction of sp³-hybridized carbons (Fsp3) is 1.00. The number of piperidine rings is 1. The van der Waals surface area contributed by atoms with Crippen molar-refractivity contribution in [3.05, 3.63) is 0 Å². The van der Waals surface area contributed by atoms with Gasteiger partial charge in [-0.05, 0) is 25.2 Å². The zero-order valence-electron chi connectivity index (χ0n) is 9.14. The molecular formula is C9H17F2NO3S. The molecule has 4 nitrogen and oxygen atoms in total. The van der Waals surface area contributed by atoms with Crippen LogP contribution in [0.25, 0.3) is 0 Å². The third-order valence-corrected chi connectivity index (χ3v) is 4.09. The van der Waals surface area contributed by atoms with Gasteiger partial charge in [-0.25, -0.2) is 21.5 Å². The lowest BCUT2D eigenvalue weighted by atomic mass is 9.93. The topological polar surface area (TPSA) is 57.6 Å². The Hall–Kier alpha value is -0.270. The van der Waals surface area contributed by atoms with E-state index in [1.807, 2.05) is 0 Å². The van der Waals surface area contributed by atoms with Crippen LogP contribution in [0, 0.1) is 5.92 Å². The lowest BCUT2D eigenvalue weighted by Crippen LogP contribution is -2.40.